The maximum absolute atomic E-state index is 13.0. The van der Waals surface area contributed by atoms with E-state index in [0.717, 1.165) is 38.0 Å². The van der Waals surface area contributed by atoms with Crippen LogP contribution in [0.3, 0.4) is 0 Å². The van der Waals surface area contributed by atoms with Gasteiger partial charge in [-0.15, -0.1) is 0 Å². The van der Waals surface area contributed by atoms with Crippen LogP contribution < -0.4 is 9.47 Å². The summed E-state index contributed by atoms with van der Waals surface area (Å²) in [6.45, 7) is 8.55. The summed E-state index contributed by atoms with van der Waals surface area (Å²) in [6, 6.07) is 13.5. The summed E-state index contributed by atoms with van der Waals surface area (Å²) in [4.78, 5) is 21.8. The predicted octanol–water partition coefficient (Wildman–Crippen LogP) is 3.84. The number of ether oxygens (including phenoxy) is 2. The lowest BCUT2D eigenvalue weighted by molar-refractivity contribution is 0.0635. The van der Waals surface area contributed by atoms with Gasteiger partial charge in [-0.3, -0.25) is 9.69 Å². The van der Waals surface area contributed by atoms with Gasteiger partial charge in [0.25, 0.3) is 5.91 Å². The first kappa shape index (κ1) is 23.8. The Morgan fingerprint density at radius 1 is 1.06 bits per heavy atom. The molecule has 0 N–H and O–H groups in total. The Morgan fingerprint density at radius 3 is 2.53 bits per heavy atom. The summed E-state index contributed by atoms with van der Waals surface area (Å²) >= 11 is 0. The summed E-state index contributed by atoms with van der Waals surface area (Å²) in [5, 5.41) is 4.11. The van der Waals surface area contributed by atoms with Crippen LogP contribution in [0.5, 0.6) is 11.5 Å². The van der Waals surface area contributed by atoms with E-state index in [-0.39, 0.29) is 5.91 Å². The summed E-state index contributed by atoms with van der Waals surface area (Å²) in [7, 11) is 1.59. The molecule has 0 aliphatic carbocycles. The molecule has 4 rings (SSSR count). The van der Waals surface area contributed by atoms with Crippen molar-refractivity contribution in [1.82, 2.24) is 19.9 Å². The third-order valence-corrected chi connectivity index (χ3v) is 6.01. The van der Waals surface area contributed by atoms with Crippen molar-refractivity contribution in [3.8, 4) is 22.9 Å². The molecule has 0 radical (unpaired) electrons. The summed E-state index contributed by atoms with van der Waals surface area (Å²) in [5.41, 5.74) is 2.79. The van der Waals surface area contributed by atoms with Gasteiger partial charge in [-0.2, -0.15) is 4.98 Å². The van der Waals surface area contributed by atoms with Crippen molar-refractivity contribution in [1.29, 1.82) is 0 Å². The Bertz CT molecular complexity index is 1090. The van der Waals surface area contributed by atoms with Gasteiger partial charge in [0.05, 0.1) is 13.7 Å². The number of rotatable bonds is 9. The molecule has 0 spiro atoms. The minimum absolute atomic E-state index is 0.0236. The fourth-order valence-corrected chi connectivity index (χ4v) is 4.06. The first-order valence-corrected chi connectivity index (χ1v) is 11.8. The van der Waals surface area contributed by atoms with E-state index in [4.69, 9.17) is 14.0 Å². The zero-order valence-electron chi connectivity index (χ0n) is 20.1. The van der Waals surface area contributed by atoms with E-state index < -0.39 is 0 Å². The average Bonchev–Trinajstić information content (AvgIpc) is 3.34. The third kappa shape index (κ3) is 5.75. The van der Waals surface area contributed by atoms with Gasteiger partial charge in [0.2, 0.25) is 11.7 Å². The smallest absolute Gasteiger partial charge is 0.254 e. The molecular formula is C26H32N4O4. The minimum atomic E-state index is 0.0236. The number of aryl methyl sites for hydroxylation is 2. The molecule has 0 saturated carbocycles. The molecule has 2 heterocycles. The summed E-state index contributed by atoms with van der Waals surface area (Å²) in [5.74, 6) is 2.55. The van der Waals surface area contributed by atoms with Crippen molar-refractivity contribution in [2.45, 2.75) is 26.7 Å². The number of carbonyl (C=O) groups excluding carboxylic acids is 1. The minimum Gasteiger partial charge on any atom is -0.493 e. The van der Waals surface area contributed by atoms with Gasteiger partial charge < -0.3 is 18.9 Å². The molecule has 1 aliphatic rings. The maximum Gasteiger partial charge on any atom is 0.254 e. The van der Waals surface area contributed by atoms with Crippen LogP contribution in [0.2, 0.25) is 0 Å². The van der Waals surface area contributed by atoms with Crippen LogP contribution in [0.4, 0.5) is 0 Å². The number of hydrogen-bond acceptors (Lipinski definition) is 7. The summed E-state index contributed by atoms with van der Waals surface area (Å²) < 4.78 is 16.4. The number of methoxy groups -OCH3 is 1. The molecule has 1 amide bonds. The van der Waals surface area contributed by atoms with Gasteiger partial charge in [0.15, 0.2) is 11.5 Å². The molecule has 0 bridgehead atoms. The first-order chi connectivity index (χ1) is 16.6. The number of nitrogens with zero attached hydrogens (tertiary/aromatic N) is 4. The van der Waals surface area contributed by atoms with Crippen LogP contribution in [0, 0.1) is 6.92 Å². The van der Waals surface area contributed by atoms with Gasteiger partial charge in [0.1, 0.15) is 0 Å². The number of carbonyl (C=O) groups is 1. The third-order valence-electron chi connectivity index (χ3n) is 6.01. The predicted molar refractivity (Wildman–Crippen MR) is 129 cm³/mol. The molecule has 1 fully saturated rings. The van der Waals surface area contributed by atoms with E-state index in [0.29, 0.717) is 48.5 Å². The van der Waals surface area contributed by atoms with Crippen molar-refractivity contribution >= 4 is 5.91 Å². The molecule has 0 unspecified atom stereocenters. The Morgan fingerprint density at radius 2 is 1.82 bits per heavy atom. The Kier molecular flexibility index (Phi) is 7.80. The Hall–Kier alpha value is -3.39. The number of aromatic nitrogens is 2. The normalized spacial score (nSPS) is 14.3. The van der Waals surface area contributed by atoms with Crippen molar-refractivity contribution in [3.63, 3.8) is 0 Å². The lowest BCUT2D eigenvalue weighted by Crippen LogP contribution is -2.48. The molecule has 1 saturated heterocycles. The molecule has 1 aliphatic heterocycles. The van der Waals surface area contributed by atoms with Gasteiger partial charge in [-0.1, -0.05) is 35.0 Å². The zero-order valence-corrected chi connectivity index (χ0v) is 20.1. The van der Waals surface area contributed by atoms with E-state index in [1.165, 1.54) is 5.56 Å². The number of hydrogen-bond donors (Lipinski definition) is 0. The standard InChI is InChI=1S/C26H32N4O4/c1-4-33-22-12-11-21(18-23(22)32-3)26(31)30-16-14-29(15-17-30)13-5-6-24-27-25(28-34-24)20-9-7-19(2)8-10-20/h7-12,18H,4-6,13-17H2,1-3H3. The lowest BCUT2D eigenvalue weighted by atomic mass is 10.1. The van der Waals surface area contributed by atoms with Crippen LogP contribution in [-0.4, -0.2) is 72.3 Å². The molecule has 0 atom stereocenters. The molecule has 34 heavy (non-hydrogen) atoms. The molecule has 3 aromatic rings. The van der Waals surface area contributed by atoms with E-state index >= 15 is 0 Å². The monoisotopic (exact) mass is 464 g/mol. The van der Waals surface area contributed by atoms with Crippen molar-refractivity contribution in [2.75, 3.05) is 46.4 Å². The number of benzene rings is 2. The molecular weight excluding hydrogens is 432 g/mol. The second-order valence-corrected chi connectivity index (χ2v) is 8.41. The number of amides is 1. The summed E-state index contributed by atoms with van der Waals surface area (Å²) in [6.07, 6.45) is 1.67. The van der Waals surface area contributed by atoms with E-state index in [2.05, 4.69) is 22.0 Å². The average molecular weight is 465 g/mol. The highest BCUT2D eigenvalue weighted by atomic mass is 16.5. The molecule has 180 valence electrons. The van der Waals surface area contributed by atoms with Crippen LogP contribution in [0.15, 0.2) is 47.0 Å². The van der Waals surface area contributed by atoms with Gasteiger partial charge >= 0.3 is 0 Å². The van der Waals surface area contributed by atoms with E-state index in [9.17, 15) is 4.79 Å². The fourth-order valence-electron chi connectivity index (χ4n) is 4.06. The fraction of sp³-hybridized carbons (Fsp3) is 0.423. The van der Waals surface area contributed by atoms with Crippen LogP contribution in [0.1, 0.15) is 35.2 Å². The molecule has 8 heteroatoms. The van der Waals surface area contributed by atoms with Gasteiger partial charge in [0, 0.05) is 43.7 Å². The van der Waals surface area contributed by atoms with Crippen molar-refractivity contribution in [3.05, 3.63) is 59.5 Å². The highest BCUT2D eigenvalue weighted by Gasteiger charge is 2.23. The van der Waals surface area contributed by atoms with Crippen LogP contribution >= 0.6 is 0 Å². The topological polar surface area (TPSA) is 80.9 Å². The largest absolute Gasteiger partial charge is 0.493 e. The van der Waals surface area contributed by atoms with Crippen LogP contribution in [-0.2, 0) is 6.42 Å². The van der Waals surface area contributed by atoms with E-state index in [1.807, 2.05) is 36.1 Å². The second kappa shape index (κ2) is 11.2. The van der Waals surface area contributed by atoms with Gasteiger partial charge in [-0.25, -0.2) is 0 Å². The lowest BCUT2D eigenvalue weighted by Gasteiger charge is -2.34. The van der Waals surface area contributed by atoms with E-state index in [1.54, 1.807) is 25.3 Å². The quantitative estimate of drug-likeness (QED) is 0.476. The molecule has 8 nitrogen and oxygen atoms in total. The maximum atomic E-state index is 13.0. The second-order valence-electron chi connectivity index (χ2n) is 8.41. The first-order valence-electron chi connectivity index (χ1n) is 11.8. The SMILES string of the molecule is CCOc1ccc(C(=O)N2CCN(CCCc3nc(-c4ccc(C)cc4)no3)CC2)cc1OC. The Balaban J connectivity index is 1.23. The highest BCUT2D eigenvalue weighted by Crippen LogP contribution is 2.28. The van der Waals surface area contributed by atoms with Crippen molar-refractivity contribution < 1.29 is 18.8 Å². The molecule has 1 aromatic heterocycles. The zero-order chi connectivity index (χ0) is 23.9. The highest BCUT2D eigenvalue weighted by molar-refractivity contribution is 5.95. The molecule has 2 aromatic carbocycles. The van der Waals surface area contributed by atoms with Crippen molar-refractivity contribution in [2.24, 2.45) is 0 Å². The number of piperazine rings is 1. The van der Waals surface area contributed by atoms with Gasteiger partial charge in [-0.05, 0) is 45.0 Å². The van der Waals surface area contributed by atoms with Crippen LogP contribution in [0.25, 0.3) is 11.4 Å². The Labute approximate surface area is 200 Å².